The van der Waals surface area contributed by atoms with Crippen LogP contribution < -0.4 is 18.9 Å². The van der Waals surface area contributed by atoms with Crippen molar-refractivity contribution in [3.8, 4) is 28.8 Å². The third kappa shape index (κ3) is 5.04. The third-order valence-electron chi connectivity index (χ3n) is 4.67. The minimum absolute atomic E-state index is 0.0516. The molecule has 2 aromatic carbocycles. The molecule has 0 aliphatic heterocycles. The first-order chi connectivity index (χ1) is 16.0. The molecule has 10 nitrogen and oxygen atoms in total. The monoisotopic (exact) mass is 469 g/mol. The van der Waals surface area contributed by atoms with Gasteiger partial charge in [0.05, 0.1) is 13.7 Å². The molecule has 33 heavy (non-hydrogen) atoms. The number of hydrogen-bond donors (Lipinski definition) is 1. The van der Waals surface area contributed by atoms with Crippen LogP contribution in [0.2, 0.25) is 0 Å². The largest absolute Gasteiger partial charge is 0.497 e. The van der Waals surface area contributed by atoms with Crippen molar-refractivity contribution >= 4 is 15.7 Å². The lowest BCUT2D eigenvalue weighted by molar-refractivity contribution is 0.305. The van der Waals surface area contributed by atoms with E-state index in [2.05, 4.69) is 20.0 Å². The molecular weight excluding hydrogens is 446 g/mol. The molecule has 11 heteroatoms. The number of fused-ring (bicyclic) bond motifs is 1. The van der Waals surface area contributed by atoms with Crippen LogP contribution in [0.5, 0.6) is 17.4 Å². The summed E-state index contributed by atoms with van der Waals surface area (Å²) >= 11 is 0. The predicted octanol–water partition coefficient (Wildman–Crippen LogP) is 2.56. The molecule has 0 bridgehead atoms. The first-order valence-electron chi connectivity index (χ1n) is 10.2. The summed E-state index contributed by atoms with van der Waals surface area (Å²) in [5.41, 5.74) is 1.37. The van der Waals surface area contributed by atoms with E-state index in [0.29, 0.717) is 29.7 Å². The molecule has 0 aliphatic carbocycles. The molecule has 0 amide bonds. The average molecular weight is 470 g/mol. The van der Waals surface area contributed by atoms with Crippen molar-refractivity contribution in [1.29, 1.82) is 0 Å². The fraction of sp³-hybridized carbons (Fsp3) is 0.227. The van der Waals surface area contributed by atoms with Crippen LogP contribution in [0.3, 0.4) is 0 Å². The van der Waals surface area contributed by atoms with Gasteiger partial charge in [0.2, 0.25) is 15.9 Å². The van der Waals surface area contributed by atoms with Crippen LogP contribution in [0.1, 0.15) is 6.92 Å². The first-order valence-corrected chi connectivity index (χ1v) is 11.7. The lowest BCUT2D eigenvalue weighted by atomic mass is 10.2. The summed E-state index contributed by atoms with van der Waals surface area (Å²) in [6, 6.07) is 17.2. The zero-order chi connectivity index (χ0) is 23.3. The van der Waals surface area contributed by atoms with Crippen LogP contribution in [-0.4, -0.2) is 55.1 Å². The van der Waals surface area contributed by atoms with E-state index >= 15 is 0 Å². The Labute approximate surface area is 191 Å². The number of hydrogen-bond acceptors (Lipinski definition) is 8. The summed E-state index contributed by atoms with van der Waals surface area (Å²) in [5, 5.41) is 12.7. The Balaban J connectivity index is 1.42. The Morgan fingerprint density at radius 3 is 2.52 bits per heavy atom. The van der Waals surface area contributed by atoms with Crippen LogP contribution in [0, 0.1) is 0 Å². The molecule has 1 N–H and O–H groups in total. The number of ether oxygens (including phenoxy) is 3. The fourth-order valence-corrected chi connectivity index (χ4v) is 4.28. The molecule has 172 valence electrons. The Morgan fingerprint density at radius 1 is 0.970 bits per heavy atom. The molecule has 0 atom stereocenters. The molecule has 0 aliphatic rings. The van der Waals surface area contributed by atoms with Gasteiger partial charge in [-0.1, -0.05) is 12.1 Å². The second-order valence-electron chi connectivity index (χ2n) is 6.82. The van der Waals surface area contributed by atoms with Crippen LogP contribution >= 0.6 is 0 Å². The molecule has 2 heterocycles. The fourth-order valence-electron chi connectivity index (χ4n) is 3.13. The normalized spacial score (nSPS) is 11.5. The summed E-state index contributed by atoms with van der Waals surface area (Å²) in [5.74, 6) is 1.90. The van der Waals surface area contributed by atoms with Gasteiger partial charge in [0.1, 0.15) is 23.0 Å². The van der Waals surface area contributed by atoms with Crippen LogP contribution in [0.4, 0.5) is 0 Å². The smallest absolute Gasteiger partial charge is 0.244 e. The number of methoxy groups -OCH3 is 1. The minimum Gasteiger partial charge on any atom is -0.497 e. The summed E-state index contributed by atoms with van der Waals surface area (Å²) in [6.45, 7) is 2.29. The van der Waals surface area contributed by atoms with Gasteiger partial charge >= 0.3 is 0 Å². The Bertz CT molecular complexity index is 1340. The molecule has 4 aromatic rings. The first kappa shape index (κ1) is 22.5. The van der Waals surface area contributed by atoms with E-state index in [9.17, 15) is 8.42 Å². The number of para-hydroxylation sites is 1. The standard InChI is InChI=1S/C22H23N5O5S/c1-3-31-18-6-4-5-7-19(18)33(28,29)23-14-15-32-21-13-12-20-24-25-22(27(20)26-21)16-8-10-17(30-2)11-9-16/h4-13,23H,3,14-15H2,1-2H3. The Morgan fingerprint density at radius 2 is 1.76 bits per heavy atom. The molecule has 0 saturated carbocycles. The predicted molar refractivity (Wildman–Crippen MR) is 121 cm³/mol. The number of rotatable bonds is 10. The molecule has 4 rings (SSSR count). The molecule has 0 spiro atoms. The van der Waals surface area contributed by atoms with E-state index in [-0.39, 0.29) is 18.0 Å². The van der Waals surface area contributed by atoms with E-state index in [1.54, 1.807) is 48.9 Å². The lowest BCUT2D eigenvalue weighted by Gasteiger charge is -2.12. The van der Waals surface area contributed by atoms with Gasteiger partial charge in [-0.15, -0.1) is 15.3 Å². The molecule has 0 fully saturated rings. The quantitative estimate of drug-likeness (QED) is 0.352. The van der Waals surface area contributed by atoms with E-state index in [4.69, 9.17) is 14.2 Å². The highest BCUT2D eigenvalue weighted by atomic mass is 32.2. The van der Waals surface area contributed by atoms with Crippen molar-refractivity contribution in [2.24, 2.45) is 0 Å². The summed E-state index contributed by atoms with van der Waals surface area (Å²) in [4.78, 5) is 0.0833. The van der Waals surface area contributed by atoms with Gasteiger partial charge in [0, 0.05) is 18.2 Å². The molecule has 0 saturated heterocycles. The van der Waals surface area contributed by atoms with E-state index in [1.165, 1.54) is 6.07 Å². The highest BCUT2D eigenvalue weighted by Crippen LogP contribution is 2.23. The number of nitrogens with one attached hydrogen (secondary N) is 1. The minimum atomic E-state index is -3.75. The maximum atomic E-state index is 12.6. The highest BCUT2D eigenvalue weighted by molar-refractivity contribution is 7.89. The molecule has 0 unspecified atom stereocenters. The van der Waals surface area contributed by atoms with Crippen molar-refractivity contribution in [2.45, 2.75) is 11.8 Å². The number of nitrogens with zero attached hydrogens (tertiary/aromatic N) is 4. The van der Waals surface area contributed by atoms with Crippen molar-refractivity contribution in [3.63, 3.8) is 0 Å². The molecular formula is C22H23N5O5S. The Kier molecular flexibility index (Phi) is 6.71. The maximum Gasteiger partial charge on any atom is 0.244 e. The lowest BCUT2D eigenvalue weighted by Crippen LogP contribution is -2.28. The number of benzene rings is 2. The second kappa shape index (κ2) is 9.84. The second-order valence-corrected chi connectivity index (χ2v) is 8.56. The number of sulfonamides is 1. The van der Waals surface area contributed by atoms with Gasteiger partial charge in [-0.2, -0.15) is 4.52 Å². The zero-order valence-electron chi connectivity index (χ0n) is 18.1. The van der Waals surface area contributed by atoms with Crippen molar-refractivity contribution < 1.29 is 22.6 Å². The van der Waals surface area contributed by atoms with Gasteiger partial charge in [-0.05, 0) is 49.4 Å². The van der Waals surface area contributed by atoms with Crippen LogP contribution in [0.25, 0.3) is 17.0 Å². The summed E-state index contributed by atoms with van der Waals surface area (Å²) < 4.78 is 45.6. The van der Waals surface area contributed by atoms with Crippen LogP contribution in [0.15, 0.2) is 65.6 Å². The third-order valence-corrected chi connectivity index (χ3v) is 6.17. The highest BCUT2D eigenvalue weighted by Gasteiger charge is 2.18. The van der Waals surface area contributed by atoms with Gasteiger partial charge in [-0.3, -0.25) is 0 Å². The van der Waals surface area contributed by atoms with Crippen molar-refractivity contribution in [1.82, 2.24) is 24.5 Å². The van der Waals surface area contributed by atoms with Crippen molar-refractivity contribution in [3.05, 3.63) is 60.7 Å². The van der Waals surface area contributed by atoms with Crippen LogP contribution in [-0.2, 0) is 10.0 Å². The molecule has 2 aromatic heterocycles. The maximum absolute atomic E-state index is 12.6. The van der Waals surface area contributed by atoms with E-state index in [0.717, 1.165) is 11.3 Å². The Hall–Kier alpha value is -3.70. The van der Waals surface area contributed by atoms with E-state index < -0.39 is 10.0 Å². The van der Waals surface area contributed by atoms with Gasteiger partial charge in [0.15, 0.2) is 11.5 Å². The topological polar surface area (TPSA) is 117 Å². The summed E-state index contributed by atoms with van der Waals surface area (Å²) in [6.07, 6.45) is 0. The van der Waals surface area contributed by atoms with Gasteiger partial charge in [0.25, 0.3) is 0 Å². The molecule has 0 radical (unpaired) electrons. The van der Waals surface area contributed by atoms with Gasteiger partial charge in [-0.25, -0.2) is 13.1 Å². The van der Waals surface area contributed by atoms with Gasteiger partial charge < -0.3 is 14.2 Å². The van der Waals surface area contributed by atoms with E-state index in [1.807, 2.05) is 24.3 Å². The average Bonchev–Trinajstić information content (AvgIpc) is 3.26. The SMILES string of the molecule is CCOc1ccccc1S(=O)(=O)NCCOc1ccc2nnc(-c3ccc(OC)cc3)n2n1. The van der Waals surface area contributed by atoms with Crippen molar-refractivity contribution in [2.75, 3.05) is 26.9 Å². The summed E-state index contributed by atoms with van der Waals surface area (Å²) in [7, 11) is -2.15. The zero-order valence-corrected chi connectivity index (χ0v) is 18.9. The number of aromatic nitrogens is 4.